The second kappa shape index (κ2) is 5.50. The van der Waals surface area contributed by atoms with Crippen molar-refractivity contribution in [2.45, 2.75) is 19.9 Å². The van der Waals surface area contributed by atoms with Crippen LogP contribution in [0.25, 0.3) is 0 Å². The molecular weight excluding hydrogens is 256 g/mol. The van der Waals surface area contributed by atoms with Gasteiger partial charge in [0.05, 0.1) is 11.9 Å². The second-order valence-corrected chi connectivity index (χ2v) is 5.48. The van der Waals surface area contributed by atoms with E-state index in [0.717, 1.165) is 35.9 Å². The van der Waals surface area contributed by atoms with Crippen molar-refractivity contribution in [3.05, 3.63) is 46.0 Å². The molecule has 0 saturated carbocycles. The Morgan fingerprint density at radius 3 is 3.21 bits per heavy atom. The number of thiazole rings is 1. The van der Waals surface area contributed by atoms with Crippen molar-refractivity contribution in [1.82, 2.24) is 10.3 Å². The SMILES string of the molecule is Cc1csc(NN=Cc2ccc3c(c2)CCNC3)n1. The number of hydrazone groups is 1. The lowest BCUT2D eigenvalue weighted by Crippen LogP contribution is -2.23. The Kier molecular flexibility index (Phi) is 3.57. The van der Waals surface area contributed by atoms with Gasteiger partial charge in [-0.1, -0.05) is 12.1 Å². The molecule has 0 fully saturated rings. The van der Waals surface area contributed by atoms with E-state index in [1.54, 1.807) is 11.3 Å². The van der Waals surface area contributed by atoms with E-state index in [9.17, 15) is 0 Å². The van der Waals surface area contributed by atoms with Gasteiger partial charge in [-0.05, 0) is 42.6 Å². The smallest absolute Gasteiger partial charge is 0.203 e. The van der Waals surface area contributed by atoms with Crippen molar-refractivity contribution in [1.29, 1.82) is 0 Å². The van der Waals surface area contributed by atoms with Crippen molar-refractivity contribution in [3.63, 3.8) is 0 Å². The van der Waals surface area contributed by atoms with Crippen LogP contribution >= 0.6 is 11.3 Å². The third kappa shape index (κ3) is 3.00. The van der Waals surface area contributed by atoms with Crippen LogP contribution in [0.2, 0.25) is 0 Å². The lowest BCUT2D eigenvalue weighted by Gasteiger charge is -2.16. The van der Waals surface area contributed by atoms with Crippen LogP contribution < -0.4 is 10.7 Å². The van der Waals surface area contributed by atoms with Gasteiger partial charge in [0.2, 0.25) is 5.13 Å². The first-order chi connectivity index (χ1) is 9.31. The summed E-state index contributed by atoms with van der Waals surface area (Å²) < 4.78 is 0. The van der Waals surface area contributed by atoms with E-state index in [0.29, 0.717) is 0 Å². The van der Waals surface area contributed by atoms with E-state index in [1.165, 1.54) is 11.1 Å². The van der Waals surface area contributed by atoms with Gasteiger partial charge in [0.25, 0.3) is 0 Å². The Morgan fingerprint density at radius 1 is 1.42 bits per heavy atom. The quantitative estimate of drug-likeness (QED) is 0.667. The van der Waals surface area contributed by atoms with Crippen molar-refractivity contribution in [3.8, 4) is 0 Å². The Morgan fingerprint density at radius 2 is 2.37 bits per heavy atom. The largest absolute Gasteiger partial charge is 0.312 e. The zero-order chi connectivity index (χ0) is 13.1. The highest BCUT2D eigenvalue weighted by atomic mass is 32.1. The van der Waals surface area contributed by atoms with Gasteiger partial charge in [0.1, 0.15) is 0 Å². The Balaban J connectivity index is 1.69. The summed E-state index contributed by atoms with van der Waals surface area (Å²) in [6.45, 7) is 4.01. The summed E-state index contributed by atoms with van der Waals surface area (Å²) in [5, 5.41) is 10.4. The number of rotatable bonds is 3. The molecule has 1 aromatic heterocycles. The maximum atomic E-state index is 4.30. The Bertz CT molecular complexity index is 603. The molecule has 2 heterocycles. The molecule has 0 aliphatic carbocycles. The standard InChI is InChI=1S/C14H16N4S/c1-10-9-19-14(17-10)18-16-7-11-2-3-13-8-15-5-4-12(13)6-11/h2-3,6-7,9,15H,4-5,8H2,1H3,(H,17,18). The van der Waals surface area contributed by atoms with Gasteiger partial charge in [-0.3, -0.25) is 5.43 Å². The van der Waals surface area contributed by atoms with E-state index >= 15 is 0 Å². The van der Waals surface area contributed by atoms with E-state index in [2.05, 4.69) is 39.0 Å². The number of hydrogen-bond acceptors (Lipinski definition) is 5. The predicted octanol–water partition coefficient (Wildman–Crippen LogP) is 2.54. The fourth-order valence-electron chi connectivity index (χ4n) is 2.14. The molecule has 4 nitrogen and oxygen atoms in total. The molecule has 2 aromatic rings. The first-order valence-corrected chi connectivity index (χ1v) is 7.23. The van der Waals surface area contributed by atoms with Gasteiger partial charge in [0, 0.05) is 11.9 Å². The number of fused-ring (bicyclic) bond motifs is 1. The van der Waals surface area contributed by atoms with E-state index in [-0.39, 0.29) is 0 Å². The minimum atomic E-state index is 0.830. The molecule has 0 bridgehead atoms. The van der Waals surface area contributed by atoms with Crippen molar-refractivity contribution in [2.24, 2.45) is 5.10 Å². The molecule has 0 unspecified atom stereocenters. The van der Waals surface area contributed by atoms with Gasteiger partial charge in [-0.25, -0.2) is 4.98 Å². The van der Waals surface area contributed by atoms with Gasteiger partial charge in [0.15, 0.2) is 0 Å². The molecule has 1 aliphatic heterocycles. The highest BCUT2D eigenvalue weighted by molar-refractivity contribution is 7.13. The van der Waals surface area contributed by atoms with Gasteiger partial charge in [-0.2, -0.15) is 5.10 Å². The minimum Gasteiger partial charge on any atom is -0.312 e. The molecule has 19 heavy (non-hydrogen) atoms. The monoisotopic (exact) mass is 272 g/mol. The van der Waals surface area contributed by atoms with Crippen LogP contribution in [0, 0.1) is 6.92 Å². The van der Waals surface area contributed by atoms with Crippen LogP contribution in [0.15, 0.2) is 28.7 Å². The van der Waals surface area contributed by atoms with Crippen LogP contribution in [0.5, 0.6) is 0 Å². The van der Waals surface area contributed by atoms with Crippen LogP contribution in [-0.4, -0.2) is 17.7 Å². The maximum Gasteiger partial charge on any atom is 0.203 e. The number of benzene rings is 1. The predicted molar refractivity (Wildman–Crippen MR) is 79.9 cm³/mol. The zero-order valence-corrected chi connectivity index (χ0v) is 11.6. The van der Waals surface area contributed by atoms with E-state index < -0.39 is 0 Å². The molecule has 1 aromatic carbocycles. The van der Waals surface area contributed by atoms with Crippen LogP contribution in [0.1, 0.15) is 22.4 Å². The fraction of sp³-hybridized carbons (Fsp3) is 0.286. The second-order valence-electron chi connectivity index (χ2n) is 4.62. The summed E-state index contributed by atoms with van der Waals surface area (Å²) >= 11 is 1.56. The normalized spacial score (nSPS) is 14.6. The number of aryl methyl sites for hydroxylation is 1. The summed E-state index contributed by atoms with van der Waals surface area (Å²) in [5.41, 5.74) is 7.92. The molecule has 0 spiro atoms. The lowest BCUT2D eigenvalue weighted by molar-refractivity contribution is 0.644. The molecule has 3 rings (SSSR count). The molecular formula is C14H16N4S. The molecule has 0 atom stereocenters. The van der Waals surface area contributed by atoms with Crippen LogP contribution in [0.4, 0.5) is 5.13 Å². The number of aromatic nitrogens is 1. The van der Waals surface area contributed by atoms with Crippen LogP contribution in [0.3, 0.4) is 0 Å². The average molecular weight is 272 g/mol. The Hall–Kier alpha value is -1.72. The van der Waals surface area contributed by atoms with Gasteiger partial charge >= 0.3 is 0 Å². The van der Waals surface area contributed by atoms with E-state index in [4.69, 9.17) is 0 Å². The van der Waals surface area contributed by atoms with Crippen LogP contribution in [-0.2, 0) is 13.0 Å². The number of nitrogens with zero attached hydrogens (tertiary/aromatic N) is 2. The Labute approximate surface area is 116 Å². The molecule has 1 aliphatic rings. The molecule has 0 saturated heterocycles. The summed E-state index contributed by atoms with van der Waals surface area (Å²) in [5.74, 6) is 0. The minimum absolute atomic E-state index is 0.830. The van der Waals surface area contributed by atoms with Crippen molar-refractivity contribution < 1.29 is 0 Å². The molecule has 98 valence electrons. The summed E-state index contributed by atoms with van der Waals surface area (Å²) in [4.78, 5) is 4.30. The highest BCUT2D eigenvalue weighted by Gasteiger charge is 2.07. The van der Waals surface area contributed by atoms with Crippen molar-refractivity contribution in [2.75, 3.05) is 12.0 Å². The third-order valence-corrected chi connectivity index (χ3v) is 3.97. The summed E-state index contributed by atoms with van der Waals surface area (Å²) in [6, 6.07) is 6.49. The van der Waals surface area contributed by atoms with Gasteiger partial charge in [-0.15, -0.1) is 11.3 Å². The molecule has 0 amide bonds. The fourth-order valence-corrected chi connectivity index (χ4v) is 2.78. The molecule has 2 N–H and O–H groups in total. The molecule has 5 heteroatoms. The maximum absolute atomic E-state index is 4.30. The van der Waals surface area contributed by atoms with E-state index in [1.807, 2.05) is 18.5 Å². The lowest BCUT2D eigenvalue weighted by atomic mass is 9.99. The number of hydrogen-bond donors (Lipinski definition) is 2. The van der Waals surface area contributed by atoms with Crippen molar-refractivity contribution >= 4 is 22.7 Å². The highest BCUT2D eigenvalue weighted by Crippen LogP contribution is 2.16. The third-order valence-electron chi connectivity index (χ3n) is 3.11. The first-order valence-electron chi connectivity index (χ1n) is 6.35. The first kappa shape index (κ1) is 12.3. The topological polar surface area (TPSA) is 49.3 Å². The molecule has 0 radical (unpaired) electrons. The number of anilines is 1. The van der Waals surface area contributed by atoms with Gasteiger partial charge < -0.3 is 5.32 Å². The summed E-state index contributed by atoms with van der Waals surface area (Å²) in [7, 11) is 0. The average Bonchev–Trinajstić information content (AvgIpc) is 2.84. The summed E-state index contributed by atoms with van der Waals surface area (Å²) in [6.07, 6.45) is 2.94. The zero-order valence-electron chi connectivity index (χ0n) is 10.8. The number of nitrogens with one attached hydrogen (secondary N) is 2.